The molecule has 5 heteroatoms. The van der Waals surface area contributed by atoms with E-state index in [2.05, 4.69) is 4.98 Å². The third-order valence-electron chi connectivity index (χ3n) is 2.59. The number of hydrogen-bond acceptors (Lipinski definition) is 2. The summed E-state index contributed by atoms with van der Waals surface area (Å²) in [6.07, 6.45) is 2.47. The number of aliphatic carboxylic acids is 1. The maximum absolute atomic E-state index is 10.5. The van der Waals surface area contributed by atoms with Crippen molar-refractivity contribution in [2.45, 2.75) is 18.9 Å². The van der Waals surface area contributed by atoms with Gasteiger partial charge in [-0.25, -0.2) is 0 Å². The zero-order valence-electron chi connectivity index (χ0n) is 9.22. The molecule has 17 heavy (non-hydrogen) atoms. The van der Waals surface area contributed by atoms with Gasteiger partial charge in [0.05, 0.1) is 6.42 Å². The fourth-order valence-corrected chi connectivity index (χ4v) is 1.88. The number of carboxylic acids is 1. The van der Waals surface area contributed by atoms with Crippen LogP contribution < -0.4 is 5.73 Å². The van der Waals surface area contributed by atoms with Crippen molar-refractivity contribution < 1.29 is 9.90 Å². The number of hydrogen-bond donors (Lipinski definition) is 3. The number of nitrogens with one attached hydrogen (secondary N) is 1. The molecule has 0 fully saturated rings. The molecule has 92 valence electrons. The molecular formula is C12H15ClN2O2. The Hall–Kier alpha value is -1.52. The van der Waals surface area contributed by atoms with Gasteiger partial charge in [-0.2, -0.15) is 0 Å². The Labute approximate surface area is 105 Å². The van der Waals surface area contributed by atoms with Crippen molar-refractivity contribution in [2.24, 2.45) is 5.73 Å². The second-order valence-corrected chi connectivity index (χ2v) is 3.92. The van der Waals surface area contributed by atoms with Gasteiger partial charge in [0, 0.05) is 23.1 Å². The molecule has 1 aromatic carbocycles. The third-order valence-corrected chi connectivity index (χ3v) is 2.59. The summed E-state index contributed by atoms with van der Waals surface area (Å²) in [5, 5.41) is 9.75. The molecule has 2 aromatic rings. The molecule has 4 nitrogen and oxygen atoms in total. The highest BCUT2D eigenvalue weighted by Gasteiger charge is 2.11. The molecule has 0 unspecified atom stereocenters. The molecule has 0 radical (unpaired) electrons. The molecule has 0 spiro atoms. The predicted octanol–water partition coefficient (Wildman–Crippen LogP) is 1.93. The summed E-state index contributed by atoms with van der Waals surface area (Å²) >= 11 is 0. The van der Waals surface area contributed by atoms with Gasteiger partial charge in [0.2, 0.25) is 0 Å². The lowest BCUT2D eigenvalue weighted by Gasteiger charge is -2.07. The van der Waals surface area contributed by atoms with Gasteiger partial charge in [-0.3, -0.25) is 4.79 Å². The van der Waals surface area contributed by atoms with E-state index < -0.39 is 5.97 Å². The Balaban J connectivity index is 0.00000144. The van der Waals surface area contributed by atoms with Crippen LogP contribution in [-0.4, -0.2) is 22.1 Å². The van der Waals surface area contributed by atoms with Crippen molar-refractivity contribution in [1.82, 2.24) is 4.98 Å². The van der Waals surface area contributed by atoms with Gasteiger partial charge in [0.15, 0.2) is 0 Å². The molecule has 0 saturated heterocycles. The lowest BCUT2D eigenvalue weighted by Crippen LogP contribution is -2.25. The van der Waals surface area contributed by atoms with Crippen LogP contribution in [0.15, 0.2) is 30.5 Å². The normalized spacial score (nSPS) is 12.1. The van der Waals surface area contributed by atoms with Crippen molar-refractivity contribution in [3.63, 3.8) is 0 Å². The number of benzene rings is 1. The molecule has 1 aromatic heterocycles. The minimum atomic E-state index is -0.854. The average molecular weight is 255 g/mol. The molecule has 4 N–H and O–H groups in total. The summed E-state index contributed by atoms with van der Waals surface area (Å²) in [6, 6.07) is 7.58. The Morgan fingerprint density at radius 1 is 1.41 bits per heavy atom. The van der Waals surface area contributed by atoms with E-state index >= 15 is 0 Å². The molecule has 0 amide bonds. The van der Waals surface area contributed by atoms with Crippen molar-refractivity contribution in [3.8, 4) is 0 Å². The Kier molecular flexibility index (Phi) is 4.54. The molecule has 1 atom stereocenters. The summed E-state index contributed by atoms with van der Waals surface area (Å²) in [7, 11) is 0. The summed E-state index contributed by atoms with van der Waals surface area (Å²) in [5.74, 6) is -0.854. The van der Waals surface area contributed by atoms with Crippen LogP contribution in [0, 0.1) is 0 Å². The molecule has 0 aliphatic rings. The first kappa shape index (κ1) is 13.5. The van der Waals surface area contributed by atoms with Crippen LogP contribution >= 0.6 is 12.4 Å². The van der Waals surface area contributed by atoms with Crippen molar-refractivity contribution in [2.75, 3.05) is 0 Å². The first-order chi connectivity index (χ1) is 7.66. The Morgan fingerprint density at radius 3 is 2.82 bits per heavy atom. The minimum Gasteiger partial charge on any atom is -0.481 e. The molecule has 1 heterocycles. The van der Waals surface area contributed by atoms with E-state index in [9.17, 15) is 4.79 Å². The fourth-order valence-electron chi connectivity index (χ4n) is 1.88. The van der Waals surface area contributed by atoms with Crippen LogP contribution in [0.25, 0.3) is 10.9 Å². The summed E-state index contributed by atoms with van der Waals surface area (Å²) in [6.45, 7) is 0. The highest BCUT2D eigenvalue weighted by molar-refractivity contribution is 5.85. The number of aromatic nitrogens is 1. The van der Waals surface area contributed by atoms with E-state index in [1.807, 2.05) is 30.5 Å². The largest absolute Gasteiger partial charge is 0.481 e. The number of H-pyrrole nitrogens is 1. The molecule has 2 rings (SSSR count). The molecule has 0 aliphatic heterocycles. The average Bonchev–Trinajstić information content (AvgIpc) is 2.61. The summed E-state index contributed by atoms with van der Waals surface area (Å²) in [5.41, 5.74) is 7.89. The first-order valence-electron chi connectivity index (χ1n) is 5.19. The Morgan fingerprint density at radius 2 is 2.12 bits per heavy atom. The predicted molar refractivity (Wildman–Crippen MR) is 69.5 cm³/mol. The maximum atomic E-state index is 10.5. The van der Waals surface area contributed by atoms with Crippen LogP contribution in [0.4, 0.5) is 0 Å². The number of carbonyl (C=O) groups is 1. The topological polar surface area (TPSA) is 79.1 Å². The van der Waals surface area contributed by atoms with E-state index in [1.54, 1.807) is 0 Å². The van der Waals surface area contributed by atoms with Crippen LogP contribution in [0.1, 0.15) is 12.0 Å². The van der Waals surface area contributed by atoms with E-state index in [-0.39, 0.29) is 24.9 Å². The number of halogens is 1. The van der Waals surface area contributed by atoms with Crippen molar-refractivity contribution >= 4 is 29.3 Å². The van der Waals surface area contributed by atoms with E-state index in [0.717, 1.165) is 16.5 Å². The second-order valence-electron chi connectivity index (χ2n) is 3.92. The SMILES string of the molecule is Cl.N[C@@H](CC(=O)O)Cc1c[nH]c2ccccc12. The van der Waals surface area contributed by atoms with E-state index in [4.69, 9.17) is 10.8 Å². The number of para-hydroxylation sites is 1. The van der Waals surface area contributed by atoms with Gasteiger partial charge in [-0.1, -0.05) is 18.2 Å². The lowest BCUT2D eigenvalue weighted by atomic mass is 10.0. The number of aromatic amines is 1. The highest BCUT2D eigenvalue weighted by atomic mass is 35.5. The maximum Gasteiger partial charge on any atom is 0.304 e. The highest BCUT2D eigenvalue weighted by Crippen LogP contribution is 2.19. The zero-order valence-corrected chi connectivity index (χ0v) is 10.0. The smallest absolute Gasteiger partial charge is 0.304 e. The summed E-state index contributed by atoms with van der Waals surface area (Å²) < 4.78 is 0. The minimum absolute atomic E-state index is 0. The van der Waals surface area contributed by atoms with Gasteiger partial charge in [-0.05, 0) is 18.1 Å². The fraction of sp³-hybridized carbons (Fsp3) is 0.250. The van der Waals surface area contributed by atoms with Gasteiger partial charge >= 0.3 is 5.97 Å². The van der Waals surface area contributed by atoms with Gasteiger partial charge in [-0.15, -0.1) is 12.4 Å². The van der Waals surface area contributed by atoms with Crippen molar-refractivity contribution in [1.29, 1.82) is 0 Å². The standard InChI is InChI=1S/C12H14N2O2.ClH/c13-9(6-12(15)16)5-8-7-14-11-4-2-1-3-10(8)11;/h1-4,7,9,14H,5-6,13H2,(H,15,16);1H/t9-;/m1./s1. The molecular weight excluding hydrogens is 240 g/mol. The third kappa shape index (κ3) is 3.22. The van der Waals surface area contributed by atoms with E-state index in [0.29, 0.717) is 6.42 Å². The number of fused-ring (bicyclic) bond motifs is 1. The monoisotopic (exact) mass is 254 g/mol. The quantitative estimate of drug-likeness (QED) is 0.780. The van der Waals surface area contributed by atoms with Gasteiger partial charge < -0.3 is 15.8 Å². The number of rotatable bonds is 4. The van der Waals surface area contributed by atoms with E-state index in [1.165, 1.54) is 0 Å². The van der Waals surface area contributed by atoms with Crippen LogP contribution in [0.3, 0.4) is 0 Å². The van der Waals surface area contributed by atoms with Gasteiger partial charge in [0.25, 0.3) is 0 Å². The molecule has 0 bridgehead atoms. The number of carboxylic acid groups (broad SMARTS) is 1. The summed E-state index contributed by atoms with van der Waals surface area (Å²) in [4.78, 5) is 13.7. The second kappa shape index (κ2) is 5.70. The molecule has 0 saturated carbocycles. The zero-order chi connectivity index (χ0) is 11.5. The van der Waals surface area contributed by atoms with Crippen LogP contribution in [-0.2, 0) is 11.2 Å². The van der Waals surface area contributed by atoms with Gasteiger partial charge in [0.1, 0.15) is 0 Å². The van der Waals surface area contributed by atoms with Crippen LogP contribution in [0.5, 0.6) is 0 Å². The molecule has 0 aliphatic carbocycles. The first-order valence-corrected chi connectivity index (χ1v) is 5.19. The number of nitrogens with two attached hydrogens (primary N) is 1. The lowest BCUT2D eigenvalue weighted by molar-refractivity contribution is -0.137. The Bertz CT molecular complexity index is 510. The van der Waals surface area contributed by atoms with Crippen molar-refractivity contribution in [3.05, 3.63) is 36.0 Å². The van der Waals surface area contributed by atoms with Crippen LogP contribution in [0.2, 0.25) is 0 Å².